The van der Waals surface area contributed by atoms with Crippen LogP contribution in [0, 0.1) is 11.7 Å². The van der Waals surface area contributed by atoms with Gasteiger partial charge in [-0.15, -0.1) is 0 Å². The fourth-order valence-corrected chi connectivity index (χ4v) is 7.37. The Bertz CT molecular complexity index is 1150. The van der Waals surface area contributed by atoms with Gasteiger partial charge in [-0.05, 0) is 58.9 Å². The summed E-state index contributed by atoms with van der Waals surface area (Å²) >= 11 is 4.69. The lowest BCUT2D eigenvalue weighted by Gasteiger charge is -2.49. The van der Waals surface area contributed by atoms with Crippen LogP contribution >= 0.6 is 27.7 Å². The van der Waals surface area contributed by atoms with E-state index in [1.54, 1.807) is 37.8 Å². The molecule has 1 fully saturated rings. The summed E-state index contributed by atoms with van der Waals surface area (Å²) < 4.78 is 32.4. The van der Waals surface area contributed by atoms with Crippen LogP contribution in [0.25, 0.3) is 0 Å². The number of thioether (sulfide) groups is 1. The molecule has 0 N–H and O–H groups in total. The van der Waals surface area contributed by atoms with Crippen molar-refractivity contribution in [1.29, 1.82) is 0 Å². The van der Waals surface area contributed by atoms with Gasteiger partial charge < -0.3 is 19.1 Å². The second-order valence-corrected chi connectivity index (χ2v) is 21.2. The van der Waals surface area contributed by atoms with Crippen LogP contribution < -0.4 is 0 Å². The highest BCUT2D eigenvalue weighted by Gasteiger charge is 2.56. The van der Waals surface area contributed by atoms with Crippen LogP contribution in [-0.4, -0.2) is 85.0 Å². The van der Waals surface area contributed by atoms with E-state index in [0.717, 1.165) is 6.04 Å². The molecule has 2 amide bonds. The lowest BCUT2D eigenvalue weighted by atomic mass is 9.73. The van der Waals surface area contributed by atoms with Crippen LogP contribution in [0.1, 0.15) is 47.1 Å². The van der Waals surface area contributed by atoms with Gasteiger partial charge in [-0.2, -0.15) is 0 Å². The highest BCUT2D eigenvalue weighted by atomic mass is 79.9. The number of halogens is 2. The third kappa shape index (κ3) is 8.34. The van der Waals surface area contributed by atoms with Crippen LogP contribution in [-0.2, 0) is 24.5 Å². The van der Waals surface area contributed by atoms with Gasteiger partial charge in [0, 0.05) is 43.7 Å². The Labute approximate surface area is 257 Å². The van der Waals surface area contributed by atoms with Gasteiger partial charge in [0.25, 0.3) is 0 Å². The summed E-state index contributed by atoms with van der Waals surface area (Å²) in [5.41, 5.74) is -1.63. The molecule has 2 aliphatic rings. The molecule has 2 heterocycles. The molecule has 1 aromatic carbocycles. The molecule has 3 atom stereocenters. The topological polar surface area (TPSA) is 80.7 Å². The average molecular weight is 675 g/mol. The van der Waals surface area contributed by atoms with Crippen LogP contribution in [0.4, 0.5) is 9.18 Å². The zero-order chi connectivity index (χ0) is 30.8. The van der Waals surface area contributed by atoms with Crippen molar-refractivity contribution in [2.24, 2.45) is 10.9 Å². The molecule has 0 aliphatic carbocycles. The molecule has 1 aromatic rings. The number of aliphatic imine (C=N–C) groups is 1. The maximum atomic E-state index is 15.5. The lowest BCUT2D eigenvalue weighted by molar-refractivity contribution is -0.139. The maximum absolute atomic E-state index is 15.5. The zero-order valence-corrected chi connectivity index (χ0v) is 29.2. The highest BCUT2D eigenvalue weighted by molar-refractivity contribution is 9.10. The van der Waals surface area contributed by atoms with Gasteiger partial charge in [-0.25, -0.2) is 14.1 Å². The first-order valence-corrected chi connectivity index (χ1v) is 19.4. The van der Waals surface area contributed by atoms with Gasteiger partial charge in [0.2, 0.25) is 5.91 Å². The summed E-state index contributed by atoms with van der Waals surface area (Å²) in [7, 11) is -1.38. The van der Waals surface area contributed by atoms with E-state index in [2.05, 4.69) is 35.6 Å². The number of benzene rings is 1. The number of hydrogen-bond acceptors (Lipinski definition) is 7. The van der Waals surface area contributed by atoms with Crippen molar-refractivity contribution >= 4 is 52.9 Å². The van der Waals surface area contributed by atoms with Crippen molar-refractivity contribution in [2.45, 2.75) is 83.1 Å². The molecule has 0 saturated carbocycles. The third-order valence-corrected chi connectivity index (χ3v) is 11.2. The van der Waals surface area contributed by atoms with E-state index >= 15 is 4.39 Å². The molecular formula is C29H45BrFN3O5SSi. The van der Waals surface area contributed by atoms with Gasteiger partial charge in [-0.1, -0.05) is 54.3 Å². The second kappa shape index (κ2) is 13.0. The Morgan fingerprint density at radius 3 is 2.46 bits per heavy atom. The van der Waals surface area contributed by atoms with E-state index in [4.69, 9.17) is 19.2 Å². The molecule has 230 valence electrons. The van der Waals surface area contributed by atoms with Gasteiger partial charge in [-0.3, -0.25) is 9.79 Å². The molecule has 0 aromatic heterocycles. The first kappa shape index (κ1) is 34.0. The molecule has 8 nitrogen and oxygen atoms in total. The Morgan fingerprint density at radius 1 is 1.24 bits per heavy atom. The first-order valence-electron chi connectivity index (χ1n) is 14.1. The minimum Gasteiger partial charge on any atom is -0.443 e. The first-order chi connectivity index (χ1) is 18.9. The number of nitrogens with zero attached hydrogens (tertiary/aromatic N) is 3. The third-order valence-electron chi connectivity index (χ3n) is 7.56. The van der Waals surface area contributed by atoms with Crippen LogP contribution in [0.15, 0.2) is 27.7 Å². The van der Waals surface area contributed by atoms with Gasteiger partial charge in [0.15, 0.2) is 5.17 Å². The normalized spacial score (nSPS) is 25.5. The van der Waals surface area contributed by atoms with Crippen molar-refractivity contribution in [3.05, 3.63) is 34.1 Å². The number of ether oxygens (including phenoxy) is 3. The number of carbonyl (C=O) groups is 2. The fourth-order valence-electron chi connectivity index (χ4n) is 4.77. The summed E-state index contributed by atoms with van der Waals surface area (Å²) in [6, 6.07) is 5.64. The lowest BCUT2D eigenvalue weighted by Crippen LogP contribution is -2.59. The van der Waals surface area contributed by atoms with E-state index in [9.17, 15) is 9.59 Å². The summed E-state index contributed by atoms with van der Waals surface area (Å²) in [6.45, 7) is 20.0. The molecule has 3 rings (SSSR count). The van der Waals surface area contributed by atoms with Gasteiger partial charge >= 0.3 is 6.09 Å². The maximum Gasteiger partial charge on any atom is 0.418 e. The summed E-state index contributed by atoms with van der Waals surface area (Å²) in [6.07, 6.45) is -0.635. The number of hydrogen-bond donors (Lipinski definition) is 0. The summed E-state index contributed by atoms with van der Waals surface area (Å²) in [5.74, 6) is -0.985. The Kier molecular flexibility index (Phi) is 10.8. The number of rotatable bonds is 7. The predicted molar refractivity (Wildman–Crippen MR) is 168 cm³/mol. The molecule has 2 aliphatic heterocycles. The number of amidine groups is 1. The van der Waals surface area contributed by atoms with Gasteiger partial charge in [0.1, 0.15) is 22.9 Å². The van der Waals surface area contributed by atoms with Crippen LogP contribution in [0.2, 0.25) is 25.7 Å². The molecule has 0 radical (unpaired) electrons. The number of amides is 2. The van der Waals surface area contributed by atoms with Crippen LogP contribution in [0.3, 0.4) is 0 Å². The Balaban J connectivity index is 2.13. The largest absolute Gasteiger partial charge is 0.443 e. The standard InChI is InChI=1S/C29H45BrFN3O5SSi/c1-20-28(5,22-18-21(30)10-11-23(22)31)32-25(40-29(20,6)24(35)33-12-14-37-15-13-33)34(26(36)39-27(2,3)4)19-38-16-17-41(7,8)9/h10-11,18,20H,12-17,19H2,1-9H3/t20-,28-,29-/m0/s1. The van der Waals surface area contributed by atoms with Crippen molar-refractivity contribution in [1.82, 2.24) is 9.80 Å². The van der Waals surface area contributed by atoms with E-state index in [1.165, 1.54) is 22.7 Å². The molecular weight excluding hydrogens is 629 g/mol. The highest BCUT2D eigenvalue weighted by Crippen LogP contribution is 2.52. The fraction of sp³-hybridized carbons (Fsp3) is 0.690. The average Bonchev–Trinajstić information content (AvgIpc) is 2.86. The Morgan fingerprint density at radius 2 is 1.88 bits per heavy atom. The smallest absolute Gasteiger partial charge is 0.418 e. The predicted octanol–water partition coefficient (Wildman–Crippen LogP) is 6.71. The molecule has 0 bridgehead atoms. The summed E-state index contributed by atoms with van der Waals surface area (Å²) in [5, 5.41) is 0.260. The van der Waals surface area contributed by atoms with E-state index in [0.29, 0.717) is 42.9 Å². The van der Waals surface area contributed by atoms with Crippen molar-refractivity contribution in [2.75, 3.05) is 39.6 Å². The second-order valence-electron chi connectivity index (χ2n) is 13.3. The molecule has 41 heavy (non-hydrogen) atoms. The number of carbonyl (C=O) groups excluding carboxylic acids is 2. The SMILES string of the molecule is C[C@@H]1[C@@](C)(C(=O)N2CCOCC2)SC(N(COCC[Si](C)(C)C)C(=O)OC(C)(C)C)=N[C@]1(C)c1cc(Br)ccc1F. The van der Waals surface area contributed by atoms with Crippen LogP contribution in [0.5, 0.6) is 0 Å². The van der Waals surface area contributed by atoms with E-state index in [1.807, 2.05) is 20.8 Å². The molecule has 0 spiro atoms. The molecule has 1 saturated heterocycles. The minimum absolute atomic E-state index is 0.0987. The summed E-state index contributed by atoms with van der Waals surface area (Å²) in [4.78, 5) is 36.0. The Hall–Kier alpha value is -1.47. The monoisotopic (exact) mass is 673 g/mol. The zero-order valence-electron chi connectivity index (χ0n) is 25.8. The van der Waals surface area contributed by atoms with E-state index < -0.39 is 41.8 Å². The van der Waals surface area contributed by atoms with Crippen molar-refractivity contribution < 1.29 is 28.2 Å². The molecule has 0 unspecified atom stereocenters. The van der Waals surface area contributed by atoms with Gasteiger partial charge in [0.05, 0.1) is 18.8 Å². The molecule has 12 heteroatoms. The number of morpholine rings is 1. The van der Waals surface area contributed by atoms with Crippen molar-refractivity contribution in [3.63, 3.8) is 0 Å². The van der Waals surface area contributed by atoms with Crippen molar-refractivity contribution in [3.8, 4) is 0 Å². The minimum atomic E-state index is -1.38. The quantitative estimate of drug-likeness (QED) is 0.182. The van der Waals surface area contributed by atoms with E-state index in [-0.39, 0.29) is 17.8 Å².